The normalized spacial score (nSPS) is 16.1. The largest absolute Gasteiger partial charge is 0.349 e. The summed E-state index contributed by atoms with van der Waals surface area (Å²) in [4.78, 5) is 37.9. The number of nitrogens with one attached hydrogen (secondary N) is 2. The molecular weight excluding hydrogens is 351 g/mol. The topological polar surface area (TPSA) is 105 Å². The highest BCUT2D eigenvalue weighted by Gasteiger charge is 2.25. The summed E-state index contributed by atoms with van der Waals surface area (Å²) in [6.45, 7) is 4.61. The van der Waals surface area contributed by atoms with Gasteiger partial charge in [0.05, 0.1) is 12.6 Å². The molecule has 0 saturated carbocycles. The van der Waals surface area contributed by atoms with Crippen LogP contribution in [0, 0.1) is 11.7 Å². The molecule has 0 aromatic heterocycles. The molecule has 0 radical (unpaired) electrons. The van der Waals surface area contributed by atoms with Crippen LogP contribution in [-0.2, 0) is 9.59 Å². The first-order valence-corrected chi connectivity index (χ1v) is 9.15. The van der Waals surface area contributed by atoms with Crippen molar-refractivity contribution in [3.63, 3.8) is 0 Å². The average molecular weight is 378 g/mol. The zero-order valence-corrected chi connectivity index (χ0v) is 15.7. The molecule has 1 heterocycles. The van der Waals surface area contributed by atoms with E-state index in [-0.39, 0.29) is 42.0 Å². The number of nitrogens with zero attached hydrogens (tertiary/aromatic N) is 1. The maximum Gasteiger partial charge on any atom is 0.251 e. The van der Waals surface area contributed by atoms with E-state index in [1.807, 2.05) is 13.8 Å². The lowest BCUT2D eigenvalue weighted by molar-refractivity contribution is -0.134. The zero-order valence-electron chi connectivity index (χ0n) is 15.7. The quantitative estimate of drug-likeness (QED) is 0.676. The Hall–Kier alpha value is -2.48. The van der Waals surface area contributed by atoms with E-state index in [9.17, 15) is 18.8 Å². The molecule has 0 spiro atoms. The fourth-order valence-corrected chi connectivity index (χ4v) is 2.84. The van der Waals surface area contributed by atoms with E-state index in [1.165, 1.54) is 24.3 Å². The number of benzene rings is 1. The van der Waals surface area contributed by atoms with Crippen LogP contribution in [0.1, 0.15) is 37.0 Å². The highest BCUT2D eigenvalue weighted by Crippen LogP contribution is 2.12. The van der Waals surface area contributed by atoms with Crippen LogP contribution in [0.4, 0.5) is 4.39 Å². The number of nitrogens with two attached hydrogens (primary N) is 1. The molecule has 1 aliphatic heterocycles. The number of halogens is 1. The molecule has 1 aromatic carbocycles. The first-order valence-electron chi connectivity index (χ1n) is 9.15. The van der Waals surface area contributed by atoms with Gasteiger partial charge in [0.15, 0.2) is 0 Å². The van der Waals surface area contributed by atoms with Gasteiger partial charge in [0.25, 0.3) is 5.91 Å². The van der Waals surface area contributed by atoms with Crippen molar-refractivity contribution < 1.29 is 18.8 Å². The van der Waals surface area contributed by atoms with Crippen LogP contribution in [0.25, 0.3) is 0 Å². The van der Waals surface area contributed by atoms with Gasteiger partial charge in [0.2, 0.25) is 11.8 Å². The number of hydrogen-bond donors (Lipinski definition) is 3. The van der Waals surface area contributed by atoms with Crippen LogP contribution in [-0.4, -0.2) is 54.3 Å². The highest BCUT2D eigenvalue weighted by molar-refractivity contribution is 5.94. The van der Waals surface area contributed by atoms with Crippen molar-refractivity contribution in [2.75, 3.05) is 19.6 Å². The van der Waals surface area contributed by atoms with Crippen molar-refractivity contribution in [2.45, 2.75) is 38.8 Å². The number of carbonyl (C=O) groups excluding carboxylic acids is 3. The van der Waals surface area contributed by atoms with Crippen LogP contribution in [0.15, 0.2) is 24.3 Å². The van der Waals surface area contributed by atoms with Gasteiger partial charge in [-0.25, -0.2) is 4.39 Å². The molecule has 4 N–H and O–H groups in total. The third kappa shape index (κ3) is 6.02. The van der Waals surface area contributed by atoms with Crippen LogP contribution < -0.4 is 16.4 Å². The minimum absolute atomic E-state index is 0.000524. The number of hydrogen-bond acceptors (Lipinski definition) is 4. The summed E-state index contributed by atoms with van der Waals surface area (Å²) in [6, 6.07) is 4.69. The van der Waals surface area contributed by atoms with E-state index in [0.717, 1.165) is 0 Å². The number of likely N-dealkylation sites (tertiary alicyclic amines) is 1. The minimum Gasteiger partial charge on any atom is -0.349 e. The van der Waals surface area contributed by atoms with E-state index < -0.39 is 6.04 Å². The Balaban J connectivity index is 1.74. The summed E-state index contributed by atoms with van der Waals surface area (Å²) in [7, 11) is 0. The van der Waals surface area contributed by atoms with Crippen molar-refractivity contribution in [3.05, 3.63) is 35.6 Å². The van der Waals surface area contributed by atoms with E-state index in [0.29, 0.717) is 31.5 Å². The Morgan fingerprint density at radius 1 is 1.19 bits per heavy atom. The predicted octanol–water partition coefficient (Wildman–Crippen LogP) is 0.646. The standard InChI is InChI=1S/C19H27FN4O3/c1-12(2)17(21)19(27)22-11-16(25)24-9-7-15(8-10-24)23-18(26)13-3-5-14(20)6-4-13/h3-6,12,15,17H,7-11,21H2,1-2H3,(H,22,27)(H,23,26)/t17-/m0/s1. The summed E-state index contributed by atoms with van der Waals surface area (Å²) in [5.74, 6) is -1.14. The van der Waals surface area contributed by atoms with Crippen LogP contribution in [0.2, 0.25) is 0 Å². The molecule has 0 bridgehead atoms. The molecule has 8 heteroatoms. The molecule has 1 aromatic rings. The maximum atomic E-state index is 12.9. The molecule has 27 heavy (non-hydrogen) atoms. The SMILES string of the molecule is CC(C)[C@H](N)C(=O)NCC(=O)N1CCC(NC(=O)c2ccc(F)cc2)CC1. The second-order valence-corrected chi connectivity index (χ2v) is 7.12. The van der Waals surface area contributed by atoms with Gasteiger partial charge in [0, 0.05) is 24.7 Å². The number of carbonyl (C=O) groups is 3. The van der Waals surface area contributed by atoms with Crippen molar-refractivity contribution in [1.29, 1.82) is 0 Å². The Kier molecular flexibility index (Phi) is 7.29. The fourth-order valence-electron chi connectivity index (χ4n) is 2.84. The summed E-state index contributed by atoms with van der Waals surface area (Å²) >= 11 is 0. The molecule has 2 rings (SSSR count). The van der Waals surface area contributed by atoms with Crippen LogP contribution in [0.5, 0.6) is 0 Å². The van der Waals surface area contributed by atoms with E-state index in [4.69, 9.17) is 5.73 Å². The number of amides is 3. The molecule has 0 unspecified atom stereocenters. The number of piperidine rings is 1. The first-order chi connectivity index (χ1) is 12.8. The monoisotopic (exact) mass is 378 g/mol. The zero-order chi connectivity index (χ0) is 20.0. The summed E-state index contributed by atoms with van der Waals surface area (Å²) < 4.78 is 12.9. The second-order valence-electron chi connectivity index (χ2n) is 7.12. The molecule has 7 nitrogen and oxygen atoms in total. The molecule has 148 valence electrons. The smallest absolute Gasteiger partial charge is 0.251 e. The second kappa shape index (κ2) is 9.45. The minimum atomic E-state index is -0.634. The average Bonchev–Trinajstić information content (AvgIpc) is 2.66. The molecule has 0 aliphatic carbocycles. The highest BCUT2D eigenvalue weighted by atomic mass is 19.1. The van der Waals surface area contributed by atoms with Gasteiger partial charge in [-0.05, 0) is 43.0 Å². The van der Waals surface area contributed by atoms with Crippen molar-refractivity contribution >= 4 is 17.7 Å². The lowest BCUT2D eigenvalue weighted by Crippen LogP contribution is -2.51. The van der Waals surface area contributed by atoms with E-state index in [2.05, 4.69) is 10.6 Å². The Morgan fingerprint density at radius 2 is 1.78 bits per heavy atom. The van der Waals surface area contributed by atoms with Crippen LogP contribution in [0.3, 0.4) is 0 Å². The van der Waals surface area contributed by atoms with E-state index >= 15 is 0 Å². The van der Waals surface area contributed by atoms with Gasteiger partial charge in [-0.3, -0.25) is 14.4 Å². The molecule has 3 amide bonds. The van der Waals surface area contributed by atoms with Gasteiger partial charge >= 0.3 is 0 Å². The maximum absolute atomic E-state index is 12.9. The van der Waals surface area contributed by atoms with Gasteiger partial charge in [-0.1, -0.05) is 13.8 Å². The molecular formula is C19H27FN4O3. The Bertz CT molecular complexity index is 670. The lowest BCUT2D eigenvalue weighted by Gasteiger charge is -2.32. The van der Waals surface area contributed by atoms with Crippen LogP contribution >= 0.6 is 0 Å². The van der Waals surface area contributed by atoms with Crippen molar-refractivity contribution in [2.24, 2.45) is 11.7 Å². The Labute approximate surface area is 158 Å². The molecule has 1 atom stereocenters. The third-order valence-electron chi connectivity index (χ3n) is 4.72. The summed E-state index contributed by atoms with van der Waals surface area (Å²) in [5, 5.41) is 5.48. The number of rotatable bonds is 6. The van der Waals surface area contributed by atoms with Gasteiger partial charge in [0.1, 0.15) is 5.82 Å². The van der Waals surface area contributed by atoms with Crippen molar-refractivity contribution in [1.82, 2.24) is 15.5 Å². The third-order valence-corrected chi connectivity index (χ3v) is 4.72. The van der Waals surface area contributed by atoms with Gasteiger partial charge < -0.3 is 21.3 Å². The Morgan fingerprint density at radius 3 is 2.33 bits per heavy atom. The molecule has 1 aliphatic rings. The molecule has 1 fully saturated rings. The summed E-state index contributed by atoms with van der Waals surface area (Å²) in [6.07, 6.45) is 1.25. The van der Waals surface area contributed by atoms with E-state index in [1.54, 1.807) is 4.90 Å². The predicted molar refractivity (Wildman–Crippen MR) is 99.3 cm³/mol. The van der Waals surface area contributed by atoms with Gasteiger partial charge in [-0.15, -0.1) is 0 Å². The lowest BCUT2D eigenvalue weighted by atomic mass is 10.0. The molecule has 1 saturated heterocycles. The van der Waals surface area contributed by atoms with Crippen molar-refractivity contribution in [3.8, 4) is 0 Å². The fraction of sp³-hybridized carbons (Fsp3) is 0.526. The summed E-state index contributed by atoms with van der Waals surface area (Å²) in [5.41, 5.74) is 6.15. The first kappa shape index (κ1) is 20.8. The van der Waals surface area contributed by atoms with Gasteiger partial charge in [-0.2, -0.15) is 0 Å².